The van der Waals surface area contributed by atoms with Crippen LogP contribution in [-0.4, -0.2) is 30.1 Å². The Labute approximate surface area is 187 Å². The average molecular weight is 435 g/mol. The zero-order chi connectivity index (χ0) is 23.3. The van der Waals surface area contributed by atoms with Crippen LogP contribution in [0.4, 0.5) is 4.39 Å². The van der Waals surface area contributed by atoms with Crippen molar-refractivity contribution < 1.29 is 23.8 Å². The summed E-state index contributed by atoms with van der Waals surface area (Å²) in [4.78, 5) is 23.3. The zero-order valence-electron chi connectivity index (χ0n) is 18.5. The number of rotatable bonds is 7. The second-order valence-electron chi connectivity index (χ2n) is 8.36. The van der Waals surface area contributed by atoms with Gasteiger partial charge in [0.1, 0.15) is 18.0 Å². The van der Waals surface area contributed by atoms with Crippen LogP contribution in [0.25, 0.3) is 11.6 Å². The Morgan fingerprint density at radius 3 is 2.50 bits per heavy atom. The van der Waals surface area contributed by atoms with Gasteiger partial charge in [-0.1, -0.05) is 74.5 Å². The Kier molecular flexibility index (Phi) is 7.21. The van der Waals surface area contributed by atoms with Gasteiger partial charge in [-0.25, -0.2) is 4.39 Å². The monoisotopic (exact) mass is 434 g/mol. The first-order valence-corrected chi connectivity index (χ1v) is 10.5. The Hall–Kier alpha value is -3.31. The van der Waals surface area contributed by atoms with E-state index in [1.807, 2.05) is 30.3 Å². The van der Waals surface area contributed by atoms with Crippen LogP contribution in [0.1, 0.15) is 43.4 Å². The molecule has 0 amide bonds. The lowest BCUT2D eigenvalue weighted by molar-refractivity contribution is -0.143. The van der Waals surface area contributed by atoms with Gasteiger partial charge in [0.2, 0.25) is 0 Å². The van der Waals surface area contributed by atoms with Gasteiger partial charge in [-0.3, -0.25) is 9.59 Å². The van der Waals surface area contributed by atoms with Crippen molar-refractivity contribution in [1.29, 1.82) is 0 Å². The van der Waals surface area contributed by atoms with E-state index in [1.165, 1.54) is 19.2 Å². The maximum absolute atomic E-state index is 13.6. The molecule has 0 heterocycles. The number of hydrogen-bond donors (Lipinski definition) is 1. The molecule has 3 rings (SSSR count). The molecular weight excluding hydrogens is 407 g/mol. The van der Waals surface area contributed by atoms with Crippen molar-refractivity contribution in [2.45, 2.75) is 32.8 Å². The molecule has 0 fully saturated rings. The molecule has 0 aromatic heterocycles. The number of Topliss-reactive ketones (excluding diaryl/α,β-unsaturated/α-hetero) is 1. The van der Waals surface area contributed by atoms with E-state index in [2.05, 4.69) is 30.7 Å². The van der Waals surface area contributed by atoms with Gasteiger partial charge in [-0.2, -0.15) is 0 Å². The maximum atomic E-state index is 13.6. The van der Waals surface area contributed by atoms with E-state index < -0.39 is 23.3 Å². The number of allylic oxidation sites excluding steroid dienone is 3. The SMILES string of the molecule is COC(=O)CC(=O)CC(O)/C=C/C1=C(c2ccc(F)cc2)c2ccccc2C=CC1(C)C. The van der Waals surface area contributed by atoms with Gasteiger partial charge in [0.25, 0.3) is 0 Å². The highest BCUT2D eigenvalue weighted by atomic mass is 19.1. The molecule has 1 aliphatic carbocycles. The van der Waals surface area contributed by atoms with E-state index in [1.54, 1.807) is 18.2 Å². The first kappa shape index (κ1) is 23.4. The second-order valence-corrected chi connectivity index (χ2v) is 8.36. The molecule has 0 radical (unpaired) electrons. The number of aliphatic hydroxyl groups is 1. The third kappa shape index (κ3) is 5.48. The van der Waals surface area contributed by atoms with E-state index in [9.17, 15) is 19.1 Å². The van der Waals surface area contributed by atoms with E-state index in [0.717, 1.165) is 27.8 Å². The lowest BCUT2D eigenvalue weighted by atomic mass is 9.78. The number of ketones is 1. The van der Waals surface area contributed by atoms with Crippen molar-refractivity contribution in [3.05, 3.63) is 94.8 Å². The number of fused-ring (bicyclic) bond motifs is 1. The topological polar surface area (TPSA) is 63.6 Å². The van der Waals surface area contributed by atoms with Crippen molar-refractivity contribution >= 4 is 23.4 Å². The smallest absolute Gasteiger partial charge is 0.313 e. The quantitative estimate of drug-likeness (QED) is 0.485. The number of esters is 1. The number of carbonyl (C=O) groups excluding carboxylic acids is 2. The van der Waals surface area contributed by atoms with Crippen LogP contribution in [0.5, 0.6) is 0 Å². The molecular formula is C27H27FO4. The summed E-state index contributed by atoms with van der Waals surface area (Å²) in [5.74, 6) is -1.34. The molecule has 166 valence electrons. The highest BCUT2D eigenvalue weighted by Gasteiger charge is 2.27. The summed E-state index contributed by atoms with van der Waals surface area (Å²) in [7, 11) is 1.22. The lowest BCUT2D eigenvalue weighted by Gasteiger charge is -2.25. The summed E-state index contributed by atoms with van der Waals surface area (Å²) in [6.07, 6.45) is 5.95. The number of halogens is 1. The fraction of sp³-hybridized carbons (Fsp3) is 0.259. The number of carbonyl (C=O) groups is 2. The number of benzene rings is 2. The molecule has 32 heavy (non-hydrogen) atoms. The molecule has 2 aromatic rings. The number of aliphatic hydroxyl groups excluding tert-OH is 1. The van der Waals surface area contributed by atoms with Crippen LogP contribution in [0.15, 0.2) is 72.3 Å². The lowest BCUT2D eigenvalue weighted by Crippen LogP contribution is -2.16. The maximum Gasteiger partial charge on any atom is 0.313 e. The molecule has 0 saturated heterocycles. The summed E-state index contributed by atoms with van der Waals surface area (Å²) in [5, 5.41) is 10.4. The highest BCUT2D eigenvalue weighted by molar-refractivity contribution is 5.95. The van der Waals surface area contributed by atoms with Crippen LogP contribution in [0.3, 0.4) is 0 Å². The second kappa shape index (κ2) is 9.88. The fourth-order valence-corrected chi connectivity index (χ4v) is 3.76. The molecule has 1 atom stereocenters. The van der Waals surface area contributed by atoms with Gasteiger partial charge in [0, 0.05) is 11.8 Å². The van der Waals surface area contributed by atoms with Gasteiger partial charge in [-0.15, -0.1) is 0 Å². The van der Waals surface area contributed by atoms with E-state index in [4.69, 9.17) is 0 Å². The van der Waals surface area contributed by atoms with Crippen molar-refractivity contribution in [3.63, 3.8) is 0 Å². The first-order valence-electron chi connectivity index (χ1n) is 10.5. The Bertz CT molecular complexity index is 1090. The van der Waals surface area contributed by atoms with E-state index in [0.29, 0.717) is 0 Å². The fourth-order valence-electron chi connectivity index (χ4n) is 3.76. The van der Waals surface area contributed by atoms with E-state index in [-0.39, 0.29) is 18.7 Å². The summed E-state index contributed by atoms with van der Waals surface area (Å²) in [6.45, 7) is 4.13. The average Bonchev–Trinajstić information content (AvgIpc) is 2.86. The van der Waals surface area contributed by atoms with E-state index >= 15 is 0 Å². The van der Waals surface area contributed by atoms with Gasteiger partial charge in [0.05, 0.1) is 13.2 Å². The van der Waals surface area contributed by atoms with Gasteiger partial charge in [0.15, 0.2) is 0 Å². The molecule has 5 heteroatoms. The van der Waals surface area contributed by atoms with Crippen molar-refractivity contribution in [1.82, 2.24) is 0 Å². The number of ether oxygens (including phenoxy) is 1. The third-order valence-electron chi connectivity index (χ3n) is 5.50. The summed E-state index contributed by atoms with van der Waals surface area (Å²) >= 11 is 0. The molecule has 0 spiro atoms. The zero-order valence-corrected chi connectivity index (χ0v) is 18.5. The number of methoxy groups -OCH3 is 1. The van der Waals surface area contributed by atoms with Crippen LogP contribution in [-0.2, 0) is 14.3 Å². The summed E-state index contributed by atoms with van der Waals surface area (Å²) < 4.78 is 18.1. The minimum atomic E-state index is -1.05. The minimum absolute atomic E-state index is 0.183. The van der Waals surface area contributed by atoms with Crippen molar-refractivity contribution in [2.75, 3.05) is 7.11 Å². The first-order chi connectivity index (χ1) is 15.2. The third-order valence-corrected chi connectivity index (χ3v) is 5.50. The molecule has 1 unspecified atom stereocenters. The van der Waals surface area contributed by atoms with Gasteiger partial charge in [-0.05, 0) is 40.0 Å². The highest BCUT2D eigenvalue weighted by Crippen LogP contribution is 2.43. The molecule has 0 aliphatic heterocycles. The van der Waals surface area contributed by atoms with Crippen LogP contribution < -0.4 is 0 Å². The van der Waals surface area contributed by atoms with Crippen molar-refractivity contribution in [2.24, 2.45) is 5.41 Å². The van der Waals surface area contributed by atoms with Crippen LogP contribution in [0, 0.1) is 11.2 Å². The molecule has 0 saturated carbocycles. The largest absolute Gasteiger partial charge is 0.469 e. The van der Waals surface area contributed by atoms with Crippen molar-refractivity contribution in [3.8, 4) is 0 Å². The van der Waals surface area contributed by atoms with Gasteiger partial charge < -0.3 is 9.84 Å². The Morgan fingerprint density at radius 2 is 1.81 bits per heavy atom. The molecule has 4 nitrogen and oxygen atoms in total. The predicted molar refractivity (Wildman–Crippen MR) is 123 cm³/mol. The molecule has 2 aromatic carbocycles. The van der Waals surface area contributed by atoms with Gasteiger partial charge >= 0.3 is 5.97 Å². The number of hydrogen-bond acceptors (Lipinski definition) is 4. The minimum Gasteiger partial charge on any atom is -0.469 e. The summed E-state index contributed by atoms with van der Waals surface area (Å²) in [5.41, 5.74) is 4.33. The molecule has 0 bridgehead atoms. The standard InChI is InChI=1S/C27H27FO4/c1-27(2)15-14-18-6-4-5-7-23(18)26(19-8-10-20(28)11-9-19)24(27)13-12-21(29)16-22(30)17-25(31)32-3/h4-15,21,29H,16-17H2,1-3H3/b13-12+. The van der Waals surface area contributed by atoms with Crippen LogP contribution >= 0.6 is 0 Å². The Morgan fingerprint density at radius 1 is 1.12 bits per heavy atom. The predicted octanol–water partition coefficient (Wildman–Crippen LogP) is 5.12. The van der Waals surface area contributed by atoms with Crippen LogP contribution in [0.2, 0.25) is 0 Å². The Balaban J connectivity index is 2.05. The molecule has 1 N–H and O–H groups in total. The molecule has 1 aliphatic rings. The summed E-state index contributed by atoms with van der Waals surface area (Å²) in [6, 6.07) is 14.3. The normalized spacial score (nSPS) is 15.9.